The molecule has 0 radical (unpaired) electrons. The number of benzene rings is 2. The summed E-state index contributed by atoms with van der Waals surface area (Å²) >= 11 is 13.2. The molecule has 0 fully saturated rings. The summed E-state index contributed by atoms with van der Waals surface area (Å²) in [5.41, 5.74) is 0.527. The largest absolute Gasteiger partial charge is 0.484 e. The molecule has 2 aromatic carbocycles. The van der Waals surface area contributed by atoms with Gasteiger partial charge in [0.1, 0.15) is 18.2 Å². The summed E-state index contributed by atoms with van der Waals surface area (Å²) in [6, 6.07) is 10.5. The molecule has 1 amide bonds. The van der Waals surface area contributed by atoms with Crippen LogP contribution in [0.25, 0.3) is 0 Å². The number of nitrogens with one attached hydrogen (secondary N) is 1. The van der Waals surface area contributed by atoms with E-state index in [4.69, 9.17) is 27.9 Å². The predicted octanol–water partition coefficient (Wildman–Crippen LogP) is 4.57. The van der Waals surface area contributed by atoms with Gasteiger partial charge in [0.2, 0.25) is 5.91 Å². The number of nitrogens with zero attached hydrogens (tertiary/aromatic N) is 3. The first-order valence-electron chi connectivity index (χ1n) is 8.06. The molecule has 0 spiro atoms. The number of halogens is 3. The van der Waals surface area contributed by atoms with Crippen LogP contribution in [-0.2, 0) is 18.4 Å². The highest BCUT2D eigenvalue weighted by Crippen LogP contribution is 2.28. The molecular formula is C18H15Cl2FN4O2S. The maximum absolute atomic E-state index is 12.9. The number of hydrogen-bond donors (Lipinski definition) is 1. The van der Waals surface area contributed by atoms with Crippen LogP contribution in [0.2, 0.25) is 10.0 Å². The lowest BCUT2D eigenvalue weighted by Gasteiger charge is -2.08. The van der Waals surface area contributed by atoms with Crippen molar-refractivity contribution in [2.75, 3.05) is 11.1 Å². The highest BCUT2D eigenvalue weighted by atomic mass is 35.5. The van der Waals surface area contributed by atoms with Crippen molar-refractivity contribution in [1.82, 2.24) is 14.8 Å². The maximum Gasteiger partial charge on any atom is 0.234 e. The summed E-state index contributed by atoms with van der Waals surface area (Å²) in [6.07, 6.45) is 0. The molecule has 1 aromatic heterocycles. The number of carbonyl (C=O) groups excluding carboxylic acids is 1. The third-order valence-corrected chi connectivity index (χ3v) is 5.19. The Labute approximate surface area is 175 Å². The van der Waals surface area contributed by atoms with Crippen molar-refractivity contribution in [3.05, 3.63) is 64.2 Å². The minimum Gasteiger partial charge on any atom is -0.484 e. The van der Waals surface area contributed by atoms with Gasteiger partial charge in [0.25, 0.3) is 0 Å². The zero-order valence-electron chi connectivity index (χ0n) is 14.7. The molecule has 0 aliphatic heterocycles. The van der Waals surface area contributed by atoms with Crippen molar-refractivity contribution in [2.24, 2.45) is 7.05 Å². The fourth-order valence-electron chi connectivity index (χ4n) is 2.19. The molecule has 3 aromatic rings. The molecule has 1 heterocycles. The van der Waals surface area contributed by atoms with Crippen LogP contribution >= 0.6 is 35.0 Å². The molecule has 10 heteroatoms. The Morgan fingerprint density at radius 3 is 2.68 bits per heavy atom. The Kier molecular flexibility index (Phi) is 6.77. The molecule has 0 unspecified atom stereocenters. The van der Waals surface area contributed by atoms with Gasteiger partial charge < -0.3 is 14.6 Å². The molecule has 0 aliphatic rings. The molecule has 146 valence electrons. The minimum atomic E-state index is -0.360. The molecule has 0 atom stereocenters. The second kappa shape index (κ2) is 9.27. The van der Waals surface area contributed by atoms with Crippen LogP contribution in [0, 0.1) is 5.82 Å². The summed E-state index contributed by atoms with van der Waals surface area (Å²) in [4.78, 5) is 12.0. The zero-order valence-corrected chi connectivity index (χ0v) is 17.0. The Morgan fingerprint density at radius 2 is 1.96 bits per heavy atom. The first-order valence-corrected chi connectivity index (χ1v) is 9.81. The topological polar surface area (TPSA) is 69.0 Å². The van der Waals surface area contributed by atoms with E-state index in [1.165, 1.54) is 36.0 Å². The van der Waals surface area contributed by atoms with Gasteiger partial charge in [-0.05, 0) is 42.5 Å². The number of ether oxygens (including phenoxy) is 1. The van der Waals surface area contributed by atoms with Crippen molar-refractivity contribution in [1.29, 1.82) is 0 Å². The Bertz CT molecular complexity index is 982. The summed E-state index contributed by atoms with van der Waals surface area (Å²) < 4.78 is 20.3. The zero-order chi connectivity index (χ0) is 20.1. The van der Waals surface area contributed by atoms with E-state index in [-0.39, 0.29) is 24.1 Å². The predicted molar refractivity (Wildman–Crippen MR) is 108 cm³/mol. The number of hydrogen-bond acceptors (Lipinski definition) is 5. The fourth-order valence-corrected chi connectivity index (χ4v) is 3.38. The van der Waals surface area contributed by atoms with Gasteiger partial charge in [-0.3, -0.25) is 4.79 Å². The lowest BCUT2D eigenvalue weighted by atomic mass is 10.3. The van der Waals surface area contributed by atoms with Crippen LogP contribution in [0.4, 0.5) is 10.1 Å². The van der Waals surface area contributed by atoms with Gasteiger partial charge in [-0.1, -0.05) is 35.0 Å². The molecule has 6 nitrogen and oxygen atoms in total. The minimum absolute atomic E-state index is 0.132. The van der Waals surface area contributed by atoms with Gasteiger partial charge in [0.15, 0.2) is 11.0 Å². The second-order valence-electron chi connectivity index (χ2n) is 5.66. The highest BCUT2D eigenvalue weighted by molar-refractivity contribution is 7.99. The van der Waals surface area contributed by atoms with Crippen LogP contribution in [0.5, 0.6) is 5.75 Å². The lowest BCUT2D eigenvalue weighted by Crippen LogP contribution is -2.14. The van der Waals surface area contributed by atoms with E-state index in [9.17, 15) is 9.18 Å². The first kappa shape index (κ1) is 20.4. The fraction of sp³-hybridized carbons (Fsp3) is 0.167. The van der Waals surface area contributed by atoms with E-state index in [2.05, 4.69) is 15.5 Å². The van der Waals surface area contributed by atoms with Crippen molar-refractivity contribution in [3.8, 4) is 5.75 Å². The first-order chi connectivity index (χ1) is 13.4. The van der Waals surface area contributed by atoms with Crippen molar-refractivity contribution in [2.45, 2.75) is 11.8 Å². The van der Waals surface area contributed by atoms with E-state index < -0.39 is 0 Å². The van der Waals surface area contributed by atoms with Gasteiger partial charge in [-0.2, -0.15) is 0 Å². The molecule has 28 heavy (non-hydrogen) atoms. The Morgan fingerprint density at radius 1 is 1.21 bits per heavy atom. The lowest BCUT2D eigenvalue weighted by molar-refractivity contribution is -0.113. The Hall–Kier alpha value is -2.29. The maximum atomic E-state index is 12.9. The molecule has 3 rings (SSSR count). The third-order valence-electron chi connectivity index (χ3n) is 3.64. The molecule has 1 N–H and O–H groups in total. The van der Waals surface area contributed by atoms with Crippen molar-refractivity contribution >= 4 is 46.6 Å². The van der Waals surface area contributed by atoms with Crippen LogP contribution in [0.3, 0.4) is 0 Å². The molecule has 0 bridgehead atoms. The van der Waals surface area contributed by atoms with E-state index in [1.807, 2.05) is 0 Å². The van der Waals surface area contributed by atoms with Gasteiger partial charge >= 0.3 is 0 Å². The average molecular weight is 441 g/mol. The van der Waals surface area contributed by atoms with Gasteiger partial charge in [-0.25, -0.2) is 4.39 Å². The van der Waals surface area contributed by atoms with Crippen molar-refractivity contribution < 1.29 is 13.9 Å². The van der Waals surface area contributed by atoms with Gasteiger partial charge in [-0.15, -0.1) is 10.2 Å². The molecule has 0 saturated heterocycles. The summed E-state index contributed by atoms with van der Waals surface area (Å²) in [7, 11) is 1.78. The summed E-state index contributed by atoms with van der Waals surface area (Å²) in [6.45, 7) is 0.160. The smallest absolute Gasteiger partial charge is 0.234 e. The van der Waals surface area contributed by atoms with E-state index in [1.54, 1.807) is 29.8 Å². The standard InChI is InChI=1S/C18H15Cl2FN4O2S/c1-25-16(9-27-15-7-2-11(19)8-14(15)20)23-24-18(25)28-10-17(26)22-13-5-3-12(21)4-6-13/h2-8H,9-10H2,1H3,(H,22,26). The SMILES string of the molecule is Cn1c(COc2ccc(Cl)cc2Cl)nnc1SCC(=O)Nc1ccc(F)cc1. The second-order valence-corrected chi connectivity index (χ2v) is 7.45. The number of carbonyl (C=O) groups is 1. The van der Waals surface area contributed by atoms with Crippen molar-refractivity contribution in [3.63, 3.8) is 0 Å². The van der Waals surface area contributed by atoms with E-state index in [0.717, 1.165) is 0 Å². The third kappa shape index (κ3) is 5.37. The number of thioether (sulfide) groups is 1. The van der Waals surface area contributed by atoms with Gasteiger partial charge in [0, 0.05) is 17.8 Å². The molecular weight excluding hydrogens is 426 g/mol. The monoisotopic (exact) mass is 440 g/mol. The number of aromatic nitrogens is 3. The van der Waals surface area contributed by atoms with Crippen LogP contribution < -0.4 is 10.1 Å². The van der Waals surface area contributed by atoms with Crippen LogP contribution in [0.15, 0.2) is 47.6 Å². The summed E-state index contributed by atoms with van der Waals surface area (Å²) in [5.74, 6) is 0.605. The summed E-state index contributed by atoms with van der Waals surface area (Å²) in [5, 5.41) is 12.3. The quantitative estimate of drug-likeness (QED) is 0.544. The van der Waals surface area contributed by atoms with Crippen LogP contribution in [-0.4, -0.2) is 26.4 Å². The van der Waals surface area contributed by atoms with Crippen LogP contribution in [0.1, 0.15) is 5.82 Å². The molecule has 0 saturated carbocycles. The average Bonchev–Trinajstić information content (AvgIpc) is 3.01. The Balaban J connectivity index is 1.54. The van der Waals surface area contributed by atoms with Gasteiger partial charge in [0.05, 0.1) is 10.8 Å². The van der Waals surface area contributed by atoms with E-state index >= 15 is 0 Å². The van der Waals surface area contributed by atoms with E-state index in [0.29, 0.717) is 32.5 Å². The highest BCUT2D eigenvalue weighted by Gasteiger charge is 2.13. The molecule has 0 aliphatic carbocycles. The number of anilines is 1. The number of amides is 1. The normalized spacial score (nSPS) is 10.7. The number of rotatable bonds is 7.